The van der Waals surface area contributed by atoms with Crippen molar-refractivity contribution in [3.8, 4) is 0 Å². The highest BCUT2D eigenvalue weighted by Gasteiger charge is 2.45. The minimum Gasteiger partial charge on any atom is -0.355 e. The first-order chi connectivity index (χ1) is 10.3. The predicted molar refractivity (Wildman–Crippen MR) is 90.2 cm³/mol. The summed E-state index contributed by atoms with van der Waals surface area (Å²) in [6, 6.07) is 8.84. The van der Waals surface area contributed by atoms with Gasteiger partial charge in [-0.25, -0.2) is 4.98 Å². The summed E-state index contributed by atoms with van der Waals surface area (Å²) in [7, 11) is 0. The van der Waals surface area contributed by atoms with E-state index in [0.29, 0.717) is 0 Å². The van der Waals surface area contributed by atoms with Gasteiger partial charge in [-0.3, -0.25) is 4.98 Å². The molecule has 1 aliphatic heterocycles. The molecular formula is C17H21ClN4. The van der Waals surface area contributed by atoms with E-state index in [2.05, 4.69) is 39.1 Å². The van der Waals surface area contributed by atoms with Gasteiger partial charge in [-0.2, -0.15) is 0 Å². The lowest BCUT2D eigenvalue weighted by atomic mass is 9.73. The van der Waals surface area contributed by atoms with Crippen LogP contribution in [0.5, 0.6) is 0 Å². The van der Waals surface area contributed by atoms with Crippen molar-refractivity contribution >= 4 is 18.2 Å². The van der Waals surface area contributed by atoms with Crippen molar-refractivity contribution < 1.29 is 0 Å². The summed E-state index contributed by atoms with van der Waals surface area (Å²) < 4.78 is 0. The van der Waals surface area contributed by atoms with E-state index < -0.39 is 0 Å². The molecule has 0 bridgehead atoms. The van der Waals surface area contributed by atoms with Crippen LogP contribution in [0.15, 0.2) is 42.9 Å². The van der Waals surface area contributed by atoms with Gasteiger partial charge in [0, 0.05) is 31.5 Å². The fourth-order valence-electron chi connectivity index (χ4n) is 3.94. The summed E-state index contributed by atoms with van der Waals surface area (Å²) in [5.74, 6) is 0.983. The van der Waals surface area contributed by atoms with Gasteiger partial charge in [-0.15, -0.1) is 12.4 Å². The van der Waals surface area contributed by atoms with Crippen molar-refractivity contribution in [2.45, 2.75) is 25.3 Å². The van der Waals surface area contributed by atoms with Crippen LogP contribution >= 0.6 is 12.4 Å². The number of nitrogens with two attached hydrogens (primary N) is 1. The first kappa shape index (κ1) is 15.3. The van der Waals surface area contributed by atoms with E-state index in [9.17, 15) is 0 Å². The van der Waals surface area contributed by atoms with Crippen LogP contribution in [0.4, 0.5) is 5.82 Å². The molecule has 0 amide bonds. The Morgan fingerprint density at radius 3 is 2.59 bits per heavy atom. The van der Waals surface area contributed by atoms with Crippen LogP contribution in [0.1, 0.15) is 30.0 Å². The monoisotopic (exact) mass is 316 g/mol. The molecule has 4 nitrogen and oxygen atoms in total. The van der Waals surface area contributed by atoms with Crippen LogP contribution in [-0.2, 0) is 6.42 Å². The first-order valence-electron chi connectivity index (χ1n) is 7.63. The highest BCUT2D eigenvalue weighted by Crippen LogP contribution is 2.50. The molecule has 2 heterocycles. The van der Waals surface area contributed by atoms with Gasteiger partial charge in [0.15, 0.2) is 0 Å². The summed E-state index contributed by atoms with van der Waals surface area (Å²) in [5.41, 5.74) is 9.63. The zero-order chi connectivity index (χ0) is 14.3. The normalized spacial score (nSPS) is 22.2. The molecule has 0 radical (unpaired) electrons. The fraction of sp³-hybridized carbons (Fsp3) is 0.412. The molecule has 1 spiro atoms. The summed E-state index contributed by atoms with van der Waals surface area (Å²) in [6.45, 7) is 2.03. The molecule has 5 heteroatoms. The molecule has 0 saturated carbocycles. The molecule has 1 saturated heterocycles. The second kappa shape index (κ2) is 5.86. The fourth-order valence-corrected chi connectivity index (χ4v) is 3.94. The molecule has 1 unspecified atom stereocenters. The molecule has 2 aromatic rings. The Labute approximate surface area is 137 Å². The summed E-state index contributed by atoms with van der Waals surface area (Å²) in [4.78, 5) is 10.9. The summed E-state index contributed by atoms with van der Waals surface area (Å²) in [5, 5.41) is 0. The summed E-state index contributed by atoms with van der Waals surface area (Å²) in [6.07, 6.45) is 8.70. The molecule has 1 aromatic heterocycles. The van der Waals surface area contributed by atoms with E-state index >= 15 is 0 Å². The number of piperidine rings is 1. The molecule has 1 aromatic carbocycles. The maximum atomic E-state index is 6.59. The third-order valence-electron chi connectivity index (χ3n) is 5.23. The second-order valence-electron chi connectivity index (χ2n) is 6.27. The minimum atomic E-state index is 0. The zero-order valence-corrected chi connectivity index (χ0v) is 13.3. The number of fused-ring (bicyclic) bond motifs is 1. The quantitative estimate of drug-likeness (QED) is 0.879. The number of halogens is 1. The van der Waals surface area contributed by atoms with Crippen LogP contribution in [0.25, 0.3) is 0 Å². The second-order valence-corrected chi connectivity index (χ2v) is 6.27. The van der Waals surface area contributed by atoms with Crippen molar-refractivity contribution in [3.63, 3.8) is 0 Å². The lowest BCUT2D eigenvalue weighted by Crippen LogP contribution is -2.44. The SMILES string of the molecule is Cl.NC1c2ccccc2CC12CCN(c1cnccn1)CC2. The maximum Gasteiger partial charge on any atom is 0.147 e. The topological polar surface area (TPSA) is 55.0 Å². The Kier molecular flexibility index (Phi) is 4.06. The van der Waals surface area contributed by atoms with Crippen LogP contribution in [0.2, 0.25) is 0 Å². The third kappa shape index (κ3) is 2.36. The minimum absolute atomic E-state index is 0. The predicted octanol–water partition coefficient (Wildman–Crippen LogP) is 2.74. The molecule has 22 heavy (non-hydrogen) atoms. The summed E-state index contributed by atoms with van der Waals surface area (Å²) >= 11 is 0. The molecule has 1 atom stereocenters. The number of rotatable bonds is 1. The van der Waals surface area contributed by atoms with Crippen molar-refractivity contribution in [1.82, 2.24) is 9.97 Å². The van der Waals surface area contributed by atoms with E-state index in [1.807, 2.05) is 6.20 Å². The smallest absolute Gasteiger partial charge is 0.147 e. The standard InChI is InChI=1S/C17H20N4.ClH/c18-16-14-4-2-1-3-13(14)11-17(16)5-9-21(10-6-17)15-12-19-7-8-20-15;/h1-4,7-8,12,16H,5-6,9-11,18H2;1H. The number of aromatic nitrogens is 2. The lowest BCUT2D eigenvalue weighted by Gasteiger charge is -2.42. The number of hydrogen-bond acceptors (Lipinski definition) is 4. The van der Waals surface area contributed by atoms with Gasteiger partial charge >= 0.3 is 0 Å². The third-order valence-corrected chi connectivity index (χ3v) is 5.23. The average Bonchev–Trinajstić information content (AvgIpc) is 2.82. The molecule has 2 N–H and O–H groups in total. The molecule has 116 valence electrons. The average molecular weight is 317 g/mol. The Morgan fingerprint density at radius 1 is 1.14 bits per heavy atom. The van der Waals surface area contributed by atoms with E-state index in [-0.39, 0.29) is 23.9 Å². The van der Waals surface area contributed by atoms with Gasteiger partial charge in [0.1, 0.15) is 5.82 Å². The Bertz CT molecular complexity index is 638. The number of nitrogens with zero attached hydrogens (tertiary/aromatic N) is 3. The highest BCUT2D eigenvalue weighted by atomic mass is 35.5. The lowest BCUT2D eigenvalue weighted by molar-refractivity contribution is 0.187. The van der Waals surface area contributed by atoms with Crippen LogP contribution in [-0.4, -0.2) is 23.1 Å². The zero-order valence-electron chi connectivity index (χ0n) is 12.5. The number of benzene rings is 1. The van der Waals surface area contributed by atoms with Gasteiger partial charge in [0.05, 0.1) is 6.20 Å². The van der Waals surface area contributed by atoms with Gasteiger partial charge in [-0.1, -0.05) is 24.3 Å². The Hall–Kier alpha value is -1.65. The molecule has 2 aliphatic rings. The van der Waals surface area contributed by atoms with Crippen molar-refractivity contribution in [2.75, 3.05) is 18.0 Å². The number of anilines is 1. The van der Waals surface area contributed by atoms with Crippen molar-refractivity contribution in [2.24, 2.45) is 11.1 Å². The molecule has 1 fully saturated rings. The van der Waals surface area contributed by atoms with Gasteiger partial charge in [0.2, 0.25) is 0 Å². The van der Waals surface area contributed by atoms with E-state index in [0.717, 1.165) is 38.2 Å². The van der Waals surface area contributed by atoms with Crippen LogP contribution in [0, 0.1) is 5.41 Å². The largest absolute Gasteiger partial charge is 0.355 e. The Balaban J connectivity index is 0.00000144. The number of hydrogen-bond donors (Lipinski definition) is 1. The molecule has 4 rings (SSSR count). The highest BCUT2D eigenvalue weighted by molar-refractivity contribution is 5.85. The first-order valence-corrected chi connectivity index (χ1v) is 7.63. The maximum absolute atomic E-state index is 6.59. The molecular weight excluding hydrogens is 296 g/mol. The van der Waals surface area contributed by atoms with E-state index in [1.54, 1.807) is 12.4 Å². The van der Waals surface area contributed by atoms with E-state index in [1.165, 1.54) is 11.1 Å². The van der Waals surface area contributed by atoms with Gasteiger partial charge in [-0.05, 0) is 35.8 Å². The van der Waals surface area contributed by atoms with E-state index in [4.69, 9.17) is 5.73 Å². The van der Waals surface area contributed by atoms with Crippen LogP contribution < -0.4 is 10.6 Å². The van der Waals surface area contributed by atoms with Gasteiger partial charge in [0.25, 0.3) is 0 Å². The van der Waals surface area contributed by atoms with Gasteiger partial charge < -0.3 is 10.6 Å². The van der Waals surface area contributed by atoms with Crippen molar-refractivity contribution in [1.29, 1.82) is 0 Å². The molecule has 1 aliphatic carbocycles. The van der Waals surface area contributed by atoms with Crippen molar-refractivity contribution in [3.05, 3.63) is 54.0 Å². The van der Waals surface area contributed by atoms with Crippen LogP contribution in [0.3, 0.4) is 0 Å². The Morgan fingerprint density at radius 2 is 1.91 bits per heavy atom.